The molecule has 23 heavy (non-hydrogen) atoms. The van der Waals surface area contributed by atoms with E-state index in [1.54, 1.807) is 0 Å². The maximum Gasteiger partial charge on any atom is 0.410 e. The summed E-state index contributed by atoms with van der Waals surface area (Å²) in [4.78, 5) is 14.2. The number of hydrogen-bond acceptors (Lipinski definition) is 4. The van der Waals surface area contributed by atoms with Crippen molar-refractivity contribution >= 4 is 6.09 Å². The fourth-order valence-electron chi connectivity index (χ4n) is 3.84. The summed E-state index contributed by atoms with van der Waals surface area (Å²) >= 11 is 0. The highest BCUT2D eigenvalue weighted by atomic mass is 16.6. The zero-order valence-corrected chi connectivity index (χ0v) is 15.0. The SMILES string of the molecule is CC(C)(C)OC(=O)N1CCCC1CNCC1CCCCC1CO. The minimum atomic E-state index is -0.436. The molecule has 5 heteroatoms. The summed E-state index contributed by atoms with van der Waals surface area (Å²) in [5.74, 6) is 1.02. The summed E-state index contributed by atoms with van der Waals surface area (Å²) in [6.45, 7) is 8.60. The van der Waals surface area contributed by atoms with Crippen molar-refractivity contribution in [1.29, 1.82) is 0 Å². The van der Waals surface area contributed by atoms with Gasteiger partial charge in [0.1, 0.15) is 5.60 Å². The molecule has 0 spiro atoms. The Balaban J connectivity index is 1.76. The topological polar surface area (TPSA) is 61.8 Å². The monoisotopic (exact) mass is 326 g/mol. The van der Waals surface area contributed by atoms with E-state index in [1.165, 1.54) is 19.3 Å². The van der Waals surface area contributed by atoms with Crippen molar-refractivity contribution in [2.24, 2.45) is 11.8 Å². The lowest BCUT2D eigenvalue weighted by atomic mass is 9.79. The number of amides is 1. The average Bonchev–Trinajstić information content (AvgIpc) is 2.94. The van der Waals surface area contributed by atoms with E-state index in [2.05, 4.69) is 5.32 Å². The molecule has 0 aromatic carbocycles. The van der Waals surface area contributed by atoms with Crippen LogP contribution in [0.2, 0.25) is 0 Å². The molecular formula is C18H34N2O3. The maximum absolute atomic E-state index is 12.3. The van der Waals surface area contributed by atoms with Gasteiger partial charge >= 0.3 is 6.09 Å². The fourth-order valence-corrected chi connectivity index (χ4v) is 3.84. The van der Waals surface area contributed by atoms with Crippen LogP contribution < -0.4 is 5.32 Å². The second kappa shape index (κ2) is 8.34. The van der Waals surface area contributed by atoms with Crippen molar-refractivity contribution in [2.45, 2.75) is 70.9 Å². The number of aliphatic hydroxyl groups excluding tert-OH is 1. The summed E-state index contributed by atoms with van der Waals surface area (Å²) in [6.07, 6.45) is 6.78. The van der Waals surface area contributed by atoms with Crippen molar-refractivity contribution in [3.05, 3.63) is 0 Å². The first-order chi connectivity index (χ1) is 10.9. The maximum atomic E-state index is 12.3. The van der Waals surface area contributed by atoms with Crippen LogP contribution in [-0.4, -0.2) is 54.0 Å². The normalized spacial score (nSPS) is 28.9. The van der Waals surface area contributed by atoms with E-state index in [0.29, 0.717) is 18.4 Å². The largest absolute Gasteiger partial charge is 0.444 e. The quantitative estimate of drug-likeness (QED) is 0.815. The highest BCUT2D eigenvalue weighted by Crippen LogP contribution is 2.29. The van der Waals surface area contributed by atoms with E-state index >= 15 is 0 Å². The van der Waals surface area contributed by atoms with Crippen LogP contribution in [0.5, 0.6) is 0 Å². The molecule has 1 aliphatic carbocycles. The van der Waals surface area contributed by atoms with Crippen LogP contribution in [0.1, 0.15) is 59.3 Å². The van der Waals surface area contributed by atoms with Crippen molar-refractivity contribution in [3.63, 3.8) is 0 Å². The van der Waals surface area contributed by atoms with Crippen molar-refractivity contribution < 1.29 is 14.6 Å². The fraction of sp³-hybridized carbons (Fsp3) is 0.944. The van der Waals surface area contributed by atoms with Crippen LogP contribution in [0.25, 0.3) is 0 Å². The first-order valence-electron chi connectivity index (χ1n) is 9.22. The van der Waals surface area contributed by atoms with Crippen LogP contribution in [0.15, 0.2) is 0 Å². The first-order valence-corrected chi connectivity index (χ1v) is 9.22. The van der Waals surface area contributed by atoms with Gasteiger partial charge in [-0.3, -0.25) is 0 Å². The van der Waals surface area contributed by atoms with Crippen LogP contribution in [0.4, 0.5) is 4.79 Å². The molecule has 2 N–H and O–H groups in total. The van der Waals surface area contributed by atoms with Crippen LogP contribution >= 0.6 is 0 Å². The summed E-state index contributed by atoms with van der Waals surface area (Å²) in [5.41, 5.74) is -0.436. The zero-order valence-electron chi connectivity index (χ0n) is 15.0. The molecule has 2 aliphatic rings. The van der Waals surface area contributed by atoms with Crippen molar-refractivity contribution in [1.82, 2.24) is 10.2 Å². The summed E-state index contributed by atoms with van der Waals surface area (Å²) in [6, 6.07) is 0.237. The minimum Gasteiger partial charge on any atom is -0.444 e. The highest BCUT2D eigenvalue weighted by Gasteiger charge is 2.32. The number of hydrogen-bond donors (Lipinski definition) is 2. The van der Waals surface area contributed by atoms with Gasteiger partial charge in [0, 0.05) is 25.7 Å². The molecular weight excluding hydrogens is 292 g/mol. The van der Waals surface area contributed by atoms with Gasteiger partial charge in [-0.05, 0) is 64.8 Å². The van der Waals surface area contributed by atoms with Gasteiger partial charge in [0.25, 0.3) is 0 Å². The lowest BCUT2D eigenvalue weighted by Crippen LogP contribution is -2.45. The van der Waals surface area contributed by atoms with E-state index in [0.717, 1.165) is 38.9 Å². The number of rotatable bonds is 5. The summed E-state index contributed by atoms with van der Waals surface area (Å²) < 4.78 is 5.51. The smallest absolute Gasteiger partial charge is 0.410 e. The Kier molecular flexibility index (Phi) is 6.72. The molecule has 3 unspecified atom stereocenters. The third-order valence-corrected chi connectivity index (χ3v) is 5.09. The molecule has 0 aromatic heterocycles. The Hall–Kier alpha value is -0.810. The molecule has 2 rings (SSSR count). The van der Waals surface area contributed by atoms with Gasteiger partial charge in [-0.15, -0.1) is 0 Å². The van der Waals surface area contributed by atoms with Crippen LogP contribution in [0, 0.1) is 11.8 Å². The van der Waals surface area contributed by atoms with Crippen LogP contribution in [0.3, 0.4) is 0 Å². The molecule has 5 nitrogen and oxygen atoms in total. The van der Waals surface area contributed by atoms with Crippen molar-refractivity contribution in [2.75, 3.05) is 26.2 Å². The Labute approximate surface area is 140 Å². The number of carbonyl (C=O) groups is 1. The number of carbonyl (C=O) groups excluding carboxylic acids is 1. The first kappa shape index (κ1) is 18.5. The van der Waals surface area contributed by atoms with Crippen LogP contribution in [-0.2, 0) is 4.74 Å². The second-order valence-electron chi connectivity index (χ2n) is 8.12. The summed E-state index contributed by atoms with van der Waals surface area (Å²) in [7, 11) is 0. The van der Waals surface area contributed by atoms with Gasteiger partial charge in [-0.1, -0.05) is 12.8 Å². The Bertz CT molecular complexity index is 381. The van der Waals surface area contributed by atoms with Gasteiger partial charge in [0.15, 0.2) is 0 Å². The van der Waals surface area contributed by atoms with Crippen molar-refractivity contribution in [3.8, 4) is 0 Å². The molecule has 1 saturated carbocycles. The average molecular weight is 326 g/mol. The number of ether oxygens (including phenoxy) is 1. The van der Waals surface area contributed by atoms with E-state index in [1.807, 2.05) is 25.7 Å². The van der Waals surface area contributed by atoms with Gasteiger partial charge in [0.05, 0.1) is 0 Å². The molecule has 0 bridgehead atoms. The molecule has 1 aliphatic heterocycles. The number of nitrogens with zero attached hydrogens (tertiary/aromatic N) is 1. The molecule has 2 fully saturated rings. The summed E-state index contributed by atoms with van der Waals surface area (Å²) in [5, 5.41) is 13.0. The van der Waals surface area contributed by atoms with E-state index in [-0.39, 0.29) is 12.1 Å². The molecule has 0 aromatic rings. The van der Waals surface area contributed by atoms with Gasteiger partial charge in [0.2, 0.25) is 0 Å². The Morgan fingerprint density at radius 2 is 1.83 bits per heavy atom. The number of nitrogens with one attached hydrogen (secondary N) is 1. The number of likely N-dealkylation sites (tertiary alicyclic amines) is 1. The minimum absolute atomic E-state index is 0.187. The molecule has 134 valence electrons. The molecule has 3 atom stereocenters. The second-order valence-corrected chi connectivity index (χ2v) is 8.12. The predicted octanol–water partition coefficient (Wildman–Crippen LogP) is 2.77. The van der Waals surface area contributed by atoms with Gasteiger partial charge in [-0.2, -0.15) is 0 Å². The highest BCUT2D eigenvalue weighted by molar-refractivity contribution is 5.69. The Morgan fingerprint density at radius 1 is 1.13 bits per heavy atom. The van der Waals surface area contributed by atoms with Gasteiger partial charge < -0.3 is 20.1 Å². The molecule has 1 amide bonds. The third kappa shape index (κ3) is 5.64. The van der Waals surface area contributed by atoms with E-state index < -0.39 is 5.60 Å². The molecule has 1 heterocycles. The third-order valence-electron chi connectivity index (χ3n) is 5.09. The molecule has 1 saturated heterocycles. The zero-order chi connectivity index (χ0) is 16.9. The molecule has 0 radical (unpaired) electrons. The predicted molar refractivity (Wildman–Crippen MR) is 91.4 cm³/mol. The Morgan fingerprint density at radius 3 is 2.48 bits per heavy atom. The van der Waals surface area contributed by atoms with Gasteiger partial charge in [-0.25, -0.2) is 4.79 Å². The standard InChI is InChI=1S/C18H34N2O3/c1-18(2,3)23-17(22)20-10-6-9-16(20)12-19-11-14-7-4-5-8-15(14)13-21/h14-16,19,21H,4-13H2,1-3H3. The lowest BCUT2D eigenvalue weighted by Gasteiger charge is -2.32. The number of aliphatic hydroxyl groups is 1. The van der Waals surface area contributed by atoms with E-state index in [9.17, 15) is 9.90 Å². The van der Waals surface area contributed by atoms with E-state index in [4.69, 9.17) is 4.74 Å². The lowest BCUT2D eigenvalue weighted by molar-refractivity contribution is 0.0225.